The molecule has 0 aliphatic carbocycles. The zero-order valence-corrected chi connectivity index (χ0v) is 11.2. The molecule has 2 aromatic rings. The fourth-order valence-corrected chi connectivity index (χ4v) is 3.10. The quantitative estimate of drug-likeness (QED) is 0.925. The Hall–Kier alpha value is -2.33. The summed E-state index contributed by atoms with van der Waals surface area (Å²) in [4.78, 5) is 0.0230. The van der Waals surface area contributed by atoms with Gasteiger partial charge in [-0.1, -0.05) is 11.2 Å². The highest BCUT2D eigenvalue weighted by Gasteiger charge is 2.24. The van der Waals surface area contributed by atoms with Crippen LogP contribution in [-0.2, 0) is 10.0 Å². The lowest BCUT2D eigenvalue weighted by molar-refractivity contribution is 0.390. The Morgan fingerprint density at radius 3 is 2.68 bits per heavy atom. The molecule has 0 saturated heterocycles. The van der Waals surface area contributed by atoms with Gasteiger partial charge in [-0.2, -0.15) is 5.26 Å². The van der Waals surface area contributed by atoms with E-state index in [1.165, 1.54) is 13.0 Å². The third-order valence-electron chi connectivity index (χ3n) is 2.48. The molecule has 0 aliphatic heterocycles. The van der Waals surface area contributed by atoms with Crippen LogP contribution < -0.4 is 4.72 Å². The minimum atomic E-state index is -3.77. The molecule has 1 aromatic heterocycles. The number of nitrogens with zero attached hydrogens (tertiary/aromatic N) is 2. The summed E-state index contributed by atoms with van der Waals surface area (Å²) in [5, 5.41) is 12.4. The predicted molar refractivity (Wildman–Crippen MR) is 67.9 cm³/mol. The first-order valence-electron chi connectivity index (χ1n) is 5.40. The molecule has 0 bridgehead atoms. The number of rotatable bonds is 3. The smallest absolute Gasteiger partial charge is 0.267 e. The van der Waals surface area contributed by atoms with E-state index in [-0.39, 0.29) is 10.7 Å². The topological polar surface area (TPSA) is 96.0 Å². The van der Waals surface area contributed by atoms with Gasteiger partial charge in [0.2, 0.25) is 0 Å². The normalized spacial score (nSPS) is 11.0. The van der Waals surface area contributed by atoms with Gasteiger partial charge in [0.25, 0.3) is 10.0 Å². The largest absolute Gasteiger partial charge is 0.360 e. The zero-order valence-electron chi connectivity index (χ0n) is 10.3. The Morgan fingerprint density at radius 1 is 1.37 bits per heavy atom. The van der Waals surface area contributed by atoms with Crippen molar-refractivity contribution >= 4 is 15.7 Å². The minimum absolute atomic E-state index is 0.0230. The van der Waals surface area contributed by atoms with Crippen LogP contribution in [0.25, 0.3) is 0 Å². The molecule has 98 valence electrons. The number of benzene rings is 1. The third kappa shape index (κ3) is 2.58. The molecule has 0 amide bonds. The zero-order chi connectivity index (χ0) is 14.0. The molecule has 2 rings (SSSR count). The molecule has 0 aliphatic rings. The molecule has 0 saturated carbocycles. The number of aryl methyl sites for hydroxylation is 2. The van der Waals surface area contributed by atoms with E-state index in [0.717, 1.165) is 0 Å². The lowest BCUT2D eigenvalue weighted by Crippen LogP contribution is -2.14. The van der Waals surface area contributed by atoms with E-state index in [2.05, 4.69) is 9.88 Å². The van der Waals surface area contributed by atoms with Crippen molar-refractivity contribution in [3.8, 4) is 6.07 Å². The Kier molecular flexibility index (Phi) is 3.27. The van der Waals surface area contributed by atoms with E-state index >= 15 is 0 Å². The number of sulfonamides is 1. The molecule has 6 nitrogen and oxygen atoms in total. The van der Waals surface area contributed by atoms with E-state index in [1.807, 2.05) is 6.07 Å². The summed E-state index contributed by atoms with van der Waals surface area (Å²) in [6.45, 7) is 3.08. The van der Waals surface area contributed by atoms with Crippen molar-refractivity contribution in [3.05, 3.63) is 41.3 Å². The van der Waals surface area contributed by atoms with Crippen molar-refractivity contribution in [2.45, 2.75) is 18.7 Å². The highest BCUT2D eigenvalue weighted by Crippen LogP contribution is 2.22. The molecule has 0 atom stereocenters. The summed E-state index contributed by atoms with van der Waals surface area (Å²) in [7, 11) is -3.77. The van der Waals surface area contributed by atoms with Gasteiger partial charge in [0.1, 0.15) is 5.69 Å². The summed E-state index contributed by atoms with van der Waals surface area (Å²) in [6.07, 6.45) is 0. The predicted octanol–water partition coefficient (Wildman–Crippen LogP) is 1.96. The average Bonchev–Trinajstić information content (AvgIpc) is 2.69. The first-order valence-corrected chi connectivity index (χ1v) is 6.88. The van der Waals surface area contributed by atoms with Gasteiger partial charge in [-0.3, -0.25) is 4.72 Å². The van der Waals surface area contributed by atoms with Crippen molar-refractivity contribution in [3.63, 3.8) is 0 Å². The van der Waals surface area contributed by atoms with E-state index < -0.39 is 10.0 Å². The van der Waals surface area contributed by atoms with E-state index in [1.54, 1.807) is 25.1 Å². The second-order valence-corrected chi connectivity index (χ2v) is 5.57. The van der Waals surface area contributed by atoms with Crippen molar-refractivity contribution in [1.29, 1.82) is 5.26 Å². The second kappa shape index (κ2) is 4.74. The fourth-order valence-electron chi connectivity index (χ4n) is 1.72. The molecule has 1 aromatic carbocycles. The second-order valence-electron chi connectivity index (χ2n) is 3.95. The number of hydrogen-bond acceptors (Lipinski definition) is 5. The first-order chi connectivity index (χ1) is 8.94. The molecule has 0 fully saturated rings. The number of nitrogens with one attached hydrogen (secondary N) is 1. The summed E-state index contributed by atoms with van der Waals surface area (Å²) in [5.74, 6) is 0.224. The summed E-state index contributed by atoms with van der Waals surface area (Å²) < 4.78 is 31.7. The van der Waals surface area contributed by atoms with Crippen LogP contribution in [0.2, 0.25) is 0 Å². The lowest BCUT2D eigenvalue weighted by Gasteiger charge is -2.07. The van der Waals surface area contributed by atoms with Crippen LogP contribution >= 0.6 is 0 Å². The van der Waals surface area contributed by atoms with E-state index in [9.17, 15) is 8.42 Å². The monoisotopic (exact) mass is 277 g/mol. The van der Waals surface area contributed by atoms with Crippen LogP contribution in [0.4, 0.5) is 5.69 Å². The van der Waals surface area contributed by atoms with Crippen LogP contribution in [-0.4, -0.2) is 13.6 Å². The van der Waals surface area contributed by atoms with Crippen LogP contribution in [0.1, 0.15) is 17.0 Å². The molecule has 0 radical (unpaired) electrons. The van der Waals surface area contributed by atoms with Crippen molar-refractivity contribution in [2.75, 3.05) is 4.72 Å². The number of hydrogen-bond donors (Lipinski definition) is 1. The molecule has 1 heterocycles. The Balaban J connectivity index is 2.40. The van der Waals surface area contributed by atoms with Gasteiger partial charge in [0.05, 0.1) is 17.3 Å². The maximum Gasteiger partial charge on any atom is 0.267 e. The molecule has 0 unspecified atom stereocenters. The first kappa shape index (κ1) is 13.1. The Morgan fingerprint density at radius 2 is 2.11 bits per heavy atom. The lowest BCUT2D eigenvalue weighted by atomic mass is 10.2. The van der Waals surface area contributed by atoms with Crippen LogP contribution in [0.5, 0.6) is 0 Å². The maximum atomic E-state index is 12.2. The summed E-state index contributed by atoms with van der Waals surface area (Å²) in [5.41, 5.74) is 0.986. The fraction of sp³-hybridized carbons (Fsp3) is 0.167. The molecular weight excluding hydrogens is 266 g/mol. The van der Waals surface area contributed by atoms with Gasteiger partial charge in [-0.15, -0.1) is 0 Å². The molecule has 19 heavy (non-hydrogen) atoms. The SMILES string of the molecule is Cc1noc(C)c1S(=O)(=O)Nc1cccc(C#N)c1. The summed E-state index contributed by atoms with van der Waals surface area (Å²) >= 11 is 0. The number of anilines is 1. The standard InChI is InChI=1S/C12H11N3O3S/c1-8-12(9(2)18-14-8)19(16,17)15-11-5-3-4-10(6-11)7-13/h3-6,15H,1-2H3. The Bertz CT molecular complexity index is 737. The highest BCUT2D eigenvalue weighted by molar-refractivity contribution is 7.92. The number of nitriles is 1. The van der Waals surface area contributed by atoms with Crippen LogP contribution in [0.3, 0.4) is 0 Å². The maximum absolute atomic E-state index is 12.2. The van der Waals surface area contributed by atoms with Gasteiger partial charge in [0, 0.05) is 0 Å². The third-order valence-corrected chi connectivity index (χ3v) is 4.11. The van der Waals surface area contributed by atoms with Crippen LogP contribution in [0, 0.1) is 25.2 Å². The number of aromatic nitrogens is 1. The van der Waals surface area contributed by atoms with Gasteiger partial charge < -0.3 is 4.52 Å². The molecule has 7 heteroatoms. The van der Waals surface area contributed by atoms with Crippen molar-refractivity contribution < 1.29 is 12.9 Å². The van der Waals surface area contributed by atoms with E-state index in [4.69, 9.17) is 9.78 Å². The van der Waals surface area contributed by atoms with Gasteiger partial charge in [-0.05, 0) is 32.0 Å². The molecular formula is C12H11N3O3S. The van der Waals surface area contributed by atoms with Crippen molar-refractivity contribution in [2.24, 2.45) is 0 Å². The summed E-state index contributed by atoms with van der Waals surface area (Å²) in [6, 6.07) is 8.16. The highest BCUT2D eigenvalue weighted by atomic mass is 32.2. The van der Waals surface area contributed by atoms with Gasteiger partial charge in [0.15, 0.2) is 10.7 Å². The molecule has 1 N–H and O–H groups in total. The average molecular weight is 277 g/mol. The van der Waals surface area contributed by atoms with Crippen LogP contribution in [0.15, 0.2) is 33.7 Å². The van der Waals surface area contributed by atoms with E-state index in [0.29, 0.717) is 16.9 Å². The minimum Gasteiger partial charge on any atom is -0.360 e. The van der Waals surface area contributed by atoms with Gasteiger partial charge >= 0.3 is 0 Å². The molecule has 0 spiro atoms. The Labute approximate surface area is 110 Å². The van der Waals surface area contributed by atoms with Gasteiger partial charge in [-0.25, -0.2) is 8.42 Å². The van der Waals surface area contributed by atoms with Crippen molar-refractivity contribution in [1.82, 2.24) is 5.16 Å².